The van der Waals surface area contributed by atoms with Gasteiger partial charge in [-0.1, -0.05) is 23.7 Å². The van der Waals surface area contributed by atoms with Crippen LogP contribution in [0.1, 0.15) is 13.8 Å². The number of hydrogen-bond acceptors (Lipinski definition) is 3. The third-order valence-electron chi connectivity index (χ3n) is 3.84. The Balaban J connectivity index is 1.84. The van der Waals surface area contributed by atoms with Gasteiger partial charge < -0.3 is 10.6 Å². The van der Waals surface area contributed by atoms with Crippen LogP contribution in [-0.2, 0) is 10.8 Å². The highest BCUT2D eigenvalue weighted by Crippen LogP contribution is 2.20. The van der Waals surface area contributed by atoms with Gasteiger partial charge in [-0.3, -0.25) is 9.11 Å². The van der Waals surface area contributed by atoms with Crippen LogP contribution in [0.25, 0.3) is 0 Å². The lowest BCUT2D eigenvalue weighted by atomic mass is 10.0. The molecule has 1 heterocycles. The number of hydrogen-bond donors (Lipinski definition) is 2. The van der Waals surface area contributed by atoms with Crippen LogP contribution < -0.4 is 10.6 Å². The molecule has 0 bridgehead atoms. The van der Waals surface area contributed by atoms with E-state index in [4.69, 9.17) is 11.6 Å². The van der Waals surface area contributed by atoms with Crippen LogP contribution in [-0.4, -0.2) is 51.8 Å². The minimum absolute atomic E-state index is 0.178. The molecule has 1 aliphatic rings. The Hall–Kier alpha value is -1.11. The van der Waals surface area contributed by atoms with E-state index in [9.17, 15) is 9.00 Å². The van der Waals surface area contributed by atoms with Gasteiger partial charge in [-0.2, -0.15) is 0 Å². The molecule has 0 spiro atoms. The Kier molecular flexibility index (Phi) is 5.83. The second-order valence-corrected chi connectivity index (χ2v) is 8.04. The van der Waals surface area contributed by atoms with Crippen molar-refractivity contribution in [1.29, 1.82) is 0 Å². The van der Waals surface area contributed by atoms with Crippen molar-refractivity contribution in [3.8, 4) is 0 Å². The number of anilines is 1. The van der Waals surface area contributed by atoms with Gasteiger partial charge in [-0.25, -0.2) is 4.79 Å². The number of carbonyl (C=O) groups excluding carboxylic acids is 1. The van der Waals surface area contributed by atoms with E-state index in [0.717, 1.165) is 13.1 Å². The van der Waals surface area contributed by atoms with Gasteiger partial charge in [0.1, 0.15) is 0 Å². The van der Waals surface area contributed by atoms with Crippen molar-refractivity contribution >= 4 is 34.1 Å². The monoisotopic (exact) mass is 343 g/mol. The zero-order chi connectivity index (χ0) is 16.2. The number of nitrogens with one attached hydrogen (secondary N) is 2. The van der Waals surface area contributed by atoms with Crippen LogP contribution in [0, 0.1) is 0 Å². The van der Waals surface area contributed by atoms with Crippen molar-refractivity contribution in [2.45, 2.75) is 19.4 Å². The van der Waals surface area contributed by atoms with Crippen molar-refractivity contribution in [2.24, 2.45) is 0 Å². The summed E-state index contributed by atoms with van der Waals surface area (Å²) in [6.45, 7) is 6.27. The zero-order valence-electron chi connectivity index (χ0n) is 12.9. The predicted molar refractivity (Wildman–Crippen MR) is 92.0 cm³/mol. The Morgan fingerprint density at radius 1 is 1.32 bits per heavy atom. The highest BCUT2D eigenvalue weighted by Gasteiger charge is 2.29. The summed E-state index contributed by atoms with van der Waals surface area (Å²) in [7, 11) is -0.694. The van der Waals surface area contributed by atoms with E-state index in [-0.39, 0.29) is 11.6 Å². The van der Waals surface area contributed by atoms with Crippen LogP contribution in [0.2, 0.25) is 5.02 Å². The third-order valence-corrected chi connectivity index (χ3v) is 5.44. The summed E-state index contributed by atoms with van der Waals surface area (Å²) in [6.07, 6.45) is 0. The number of para-hydroxylation sites is 1. The van der Waals surface area contributed by atoms with Crippen molar-refractivity contribution < 1.29 is 9.00 Å². The Morgan fingerprint density at radius 3 is 2.59 bits per heavy atom. The summed E-state index contributed by atoms with van der Waals surface area (Å²) in [4.78, 5) is 14.3. The minimum Gasteiger partial charge on any atom is -0.336 e. The number of nitrogens with zero attached hydrogens (tertiary/aromatic N) is 1. The quantitative estimate of drug-likeness (QED) is 0.881. The molecule has 1 aliphatic heterocycles. The first-order chi connectivity index (χ1) is 10.4. The topological polar surface area (TPSA) is 61.4 Å². The number of amides is 2. The largest absolute Gasteiger partial charge is 0.336 e. The normalized spacial score (nSPS) is 17.2. The second-order valence-electron chi connectivity index (χ2n) is 5.94. The summed E-state index contributed by atoms with van der Waals surface area (Å²) in [5.74, 6) is 1.41. The van der Waals surface area contributed by atoms with Gasteiger partial charge in [0.2, 0.25) is 0 Å². The summed E-state index contributed by atoms with van der Waals surface area (Å²) >= 11 is 6.01. The first-order valence-electron chi connectivity index (χ1n) is 7.28. The Morgan fingerprint density at radius 2 is 1.95 bits per heavy atom. The van der Waals surface area contributed by atoms with Gasteiger partial charge in [-0.15, -0.1) is 0 Å². The maximum Gasteiger partial charge on any atom is 0.319 e. The molecule has 2 amide bonds. The fourth-order valence-corrected chi connectivity index (χ4v) is 3.62. The molecule has 0 unspecified atom stereocenters. The molecule has 2 N–H and O–H groups in total. The van der Waals surface area contributed by atoms with Crippen molar-refractivity contribution in [3.63, 3.8) is 0 Å². The fourth-order valence-electron chi connectivity index (χ4n) is 2.38. The minimum atomic E-state index is -0.694. The standard InChI is InChI=1S/C15H22ClN3O2S/c1-15(2,19-7-9-22(21)10-8-19)11-17-14(20)18-13-6-4-3-5-12(13)16/h3-6H,7-11H2,1-2H3,(H2,17,18,20). The van der Waals surface area contributed by atoms with Gasteiger partial charge in [0.15, 0.2) is 0 Å². The second kappa shape index (κ2) is 7.44. The number of carbonyl (C=O) groups is 1. The molecule has 5 nitrogen and oxygen atoms in total. The van der Waals surface area contributed by atoms with Crippen LogP contribution in [0.4, 0.5) is 10.5 Å². The average Bonchev–Trinajstić information content (AvgIpc) is 2.48. The van der Waals surface area contributed by atoms with Gasteiger partial charge in [-0.05, 0) is 26.0 Å². The molecule has 1 saturated heterocycles. The summed E-state index contributed by atoms with van der Waals surface area (Å²) in [5.41, 5.74) is 0.412. The number of halogens is 1. The van der Waals surface area contributed by atoms with Crippen LogP contribution >= 0.6 is 11.6 Å². The first-order valence-corrected chi connectivity index (χ1v) is 9.14. The lowest BCUT2D eigenvalue weighted by Crippen LogP contribution is -2.56. The number of benzene rings is 1. The Labute approximate surface area is 138 Å². The van der Waals surface area contributed by atoms with E-state index in [1.54, 1.807) is 12.1 Å². The smallest absolute Gasteiger partial charge is 0.319 e. The predicted octanol–water partition coefficient (Wildman–Crippen LogP) is 2.30. The van der Waals surface area contributed by atoms with E-state index in [1.807, 2.05) is 12.1 Å². The molecule has 0 atom stereocenters. The van der Waals surface area contributed by atoms with E-state index < -0.39 is 10.8 Å². The highest BCUT2D eigenvalue weighted by atomic mass is 35.5. The average molecular weight is 344 g/mol. The maximum absolute atomic E-state index is 12.0. The van der Waals surface area contributed by atoms with E-state index >= 15 is 0 Å². The number of rotatable bonds is 4. The molecule has 2 rings (SSSR count). The van der Waals surface area contributed by atoms with Crippen molar-refractivity contribution in [2.75, 3.05) is 36.5 Å². The first kappa shape index (κ1) is 17.2. The molecular weight excluding hydrogens is 322 g/mol. The molecule has 1 aromatic carbocycles. The van der Waals surface area contributed by atoms with Gasteiger partial charge in [0.05, 0.1) is 10.7 Å². The fraction of sp³-hybridized carbons (Fsp3) is 0.533. The van der Waals surface area contributed by atoms with Gasteiger partial charge in [0, 0.05) is 47.5 Å². The van der Waals surface area contributed by atoms with E-state index in [2.05, 4.69) is 29.4 Å². The van der Waals surface area contributed by atoms with Gasteiger partial charge in [0.25, 0.3) is 0 Å². The molecule has 0 radical (unpaired) electrons. The van der Waals surface area contributed by atoms with Crippen LogP contribution in [0.5, 0.6) is 0 Å². The molecule has 1 aromatic rings. The molecule has 0 aromatic heterocycles. The zero-order valence-corrected chi connectivity index (χ0v) is 14.5. The lowest BCUT2D eigenvalue weighted by Gasteiger charge is -2.40. The SMILES string of the molecule is CC(C)(CNC(=O)Nc1ccccc1Cl)N1CCS(=O)CC1. The van der Waals surface area contributed by atoms with E-state index in [0.29, 0.717) is 28.8 Å². The Bertz CT molecular complexity index is 555. The maximum atomic E-state index is 12.0. The van der Waals surface area contributed by atoms with Crippen molar-refractivity contribution in [1.82, 2.24) is 10.2 Å². The molecule has 0 saturated carbocycles. The van der Waals surface area contributed by atoms with Crippen molar-refractivity contribution in [3.05, 3.63) is 29.3 Å². The molecule has 7 heteroatoms. The van der Waals surface area contributed by atoms with Crippen LogP contribution in [0.3, 0.4) is 0 Å². The molecular formula is C15H22ClN3O2S. The molecule has 122 valence electrons. The highest BCUT2D eigenvalue weighted by molar-refractivity contribution is 7.85. The lowest BCUT2D eigenvalue weighted by molar-refractivity contribution is 0.133. The molecule has 22 heavy (non-hydrogen) atoms. The number of urea groups is 1. The summed E-state index contributed by atoms with van der Waals surface area (Å²) in [5, 5.41) is 6.13. The van der Waals surface area contributed by atoms with Crippen LogP contribution in [0.15, 0.2) is 24.3 Å². The summed E-state index contributed by atoms with van der Waals surface area (Å²) in [6, 6.07) is 6.84. The third kappa shape index (κ3) is 4.69. The van der Waals surface area contributed by atoms with Gasteiger partial charge >= 0.3 is 6.03 Å². The molecule has 0 aliphatic carbocycles. The van der Waals surface area contributed by atoms with E-state index in [1.165, 1.54) is 0 Å². The molecule has 1 fully saturated rings. The summed E-state index contributed by atoms with van der Waals surface area (Å²) < 4.78 is 11.4.